The maximum Gasteiger partial charge on any atom is 1.00 e. The van der Waals surface area contributed by atoms with Crippen LogP contribution in [0, 0.1) is 0 Å². The van der Waals surface area contributed by atoms with Crippen LogP contribution in [0.15, 0.2) is 0 Å². The first-order valence-electron chi connectivity index (χ1n) is 12.1. The number of carbonyl (C=O) groups excluding carboxylic acids is 3. The molecule has 0 heterocycles. The molecule has 0 aromatic heterocycles. The largest absolute Gasteiger partial charge is 1.00 e. The molecule has 1 atom stereocenters. The fraction of sp³-hybridized carbons (Fsp3) is 0.875. The van der Waals surface area contributed by atoms with Crippen molar-refractivity contribution in [2.24, 2.45) is 5.73 Å². The Kier molecular flexibility index (Phi) is 25.6. The van der Waals surface area contributed by atoms with E-state index in [1.165, 1.54) is 84.2 Å². The Morgan fingerprint density at radius 1 is 0.710 bits per heavy atom. The van der Waals surface area contributed by atoms with Gasteiger partial charge in [-0.25, -0.2) is 0 Å². The first-order valence-corrected chi connectivity index (χ1v) is 12.1. The molecule has 0 amide bonds. The van der Waals surface area contributed by atoms with Gasteiger partial charge in [0.1, 0.15) is 6.04 Å². The van der Waals surface area contributed by atoms with Crippen molar-refractivity contribution in [1.82, 2.24) is 0 Å². The standard InChI is InChI=1S/C24H45NO5.Na.H/c1-3-4-5-6-7-8-9-10-11-12-13-14-15-16-17-18-22(26)30-23(27)20-19-21(25)24(28)29-2;;/h21H,3-20,25H2,1-2H3;;/q;+1;-1. The fourth-order valence-electron chi connectivity index (χ4n) is 3.41. The van der Waals surface area contributed by atoms with Crippen molar-refractivity contribution in [3.8, 4) is 0 Å². The molecule has 0 bridgehead atoms. The molecule has 2 N–H and O–H groups in total. The summed E-state index contributed by atoms with van der Waals surface area (Å²) in [6, 6.07) is -0.867. The van der Waals surface area contributed by atoms with E-state index in [0.717, 1.165) is 19.3 Å². The van der Waals surface area contributed by atoms with Crippen LogP contribution in [0.1, 0.15) is 124 Å². The Morgan fingerprint density at radius 3 is 1.52 bits per heavy atom. The third-order valence-corrected chi connectivity index (χ3v) is 5.38. The van der Waals surface area contributed by atoms with Crippen molar-refractivity contribution in [3.63, 3.8) is 0 Å². The monoisotopic (exact) mass is 451 g/mol. The number of carbonyl (C=O) groups is 3. The molecule has 7 heteroatoms. The minimum absolute atomic E-state index is 0. The second-order valence-electron chi connectivity index (χ2n) is 8.21. The summed E-state index contributed by atoms with van der Waals surface area (Å²) in [7, 11) is 1.24. The SMILES string of the molecule is CCCCCCCCCCCCCCCCCC(=O)OC(=O)CCC(N)C(=O)OC.[H-].[Na+]. The average Bonchev–Trinajstić information content (AvgIpc) is 2.74. The van der Waals surface area contributed by atoms with Gasteiger partial charge in [0, 0.05) is 12.8 Å². The van der Waals surface area contributed by atoms with E-state index in [2.05, 4.69) is 11.7 Å². The molecule has 31 heavy (non-hydrogen) atoms. The minimum Gasteiger partial charge on any atom is -1.00 e. The molecular weight excluding hydrogens is 405 g/mol. The number of rotatable bonds is 20. The summed E-state index contributed by atoms with van der Waals surface area (Å²) < 4.78 is 9.23. The second-order valence-corrected chi connectivity index (χ2v) is 8.21. The summed E-state index contributed by atoms with van der Waals surface area (Å²) >= 11 is 0. The van der Waals surface area contributed by atoms with E-state index >= 15 is 0 Å². The van der Waals surface area contributed by atoms with Gasteiger partial charge < -0.3 is 16.6 Å². The second kappa shape index (κ2) is 24.2. The van der Waals surface area contributed by atoms with E-state index in [1.54, 1.807) is 0 Å². The Labute approximate surface area is 213 Å². The third kappa shape index (κ3) is 22.6. The Morgan fingerprint density at radius 2 is 1.10 bits per heavy atom. The first-order chi connectivity index (χ1) is 14.5. The molecule has 0 saturated heterocycles. The third-order valence-electron chi connectivity index (χ3n) is 5.38. The number of ether oxygens (including phenoxy) is 2. The maximum absolute atomic E-state index is 11.7. The van der Waals surface area contributed by atoms with Crippen molar-refractivity contribution in [1.29, 1.82) is 0 Å². The molecule has 0 fully saturated rings. The van der Waals surface area contributed by atoms with Crippen LogP contribution in [-0.2, 0) is 23.9 Å². The quantitative estimate of drug-likeness (QED) is 0.132. The summed E-state index contributed by atoms with van der Waals surface area (Å²) in [4.78, 5) is 34.4. The Bertz CT molecular complexity index is 466. The van der Waals surface area contributed by atoms with Gasteiger partial charge in [-0.2, -0.15) is 0 Å². The molecule has 0 rings (SSSR count). The molecule has 0 aliphatic heterocycles. The normalized spacial score (nSPS) is 11.5. The zero-order chi connectivity index (χ0) is 22.5. The molecular formula is C24H46NNaO5. The summed E-state index contributed by atoms with van der Waals surface area (Å²) in [5, 5.41) is 0. The number of hydrogen-bond donors (Lipinski definition) is 1. The van der Waals surface area contributed by atoms with Crippen LogP contribution in [0.3, 0.4) is 0 Å². The molecule has 0 saturated carbocycles. The number of unbranched alkanes of at least 4 members (excludes halogenated alkanes) is 14. The molecule has 6 nitrogen and oxygen atoms in total. The van der Waals surface area contributed by atoms with Crippen molar-refractivity contribution in [2.45, 2.75) is 129 Å². The van der Waals surface area contributed by atoms with Gasteiger partial charge in [-0.1, -0.05) is 96.8 Å². The van der Waals surface area contributed by atoms with Crippen LogP contribution in [0.4, 0.5) is 0 Å². The number of hydrogen-bond acceptors (Lipinski definition) is 6. The molecule has 1 unspecified atom stereocenters. The van der Waals surface area contributed by atoms with Gasteiger partial charge in [-0.05, 0) is 12.8 Å². The predicted molar refractivity (Wildman–Crippen MR) is 121 cm³/mol. The fourth-order valence-corrected chi connectivity index (χ4v) is 3.41. The van der Waals surface area contributed by atoms with Crippen molar-refractivity contribution in [3.05, 3.63) is 0 Å². The Hall–Kier alpha value is -0.430. The van der Waals surface area contributed by atoms with Gasteiger partial charge in [0.2, 0.25) is 0 Å². The van der Waals surface area contributed by atoms with E-state index < -0.39 is 23.9 Å². The summed E-state index contributed by atoms with van der Waals surface area (Å²) in [6.45, 7) is 2.26. The molecule has 0 aliphatic carbocycles. The van der Waals surface area contributed by atoms with E-state index in [0.29, 0.717) is 0 Å². The van der Waals surface area contributed by atoms with Crippen molar-refractivity contribution >= 4 is 17.9 Å². The van der Waals surface area contributed by atoms with Gasteiger partial charge in [-0.15, -0.1) is 0 Å². The molecule has 178 valence electrons. The Balaban J connectivity index is -0.00000420. The minimum atomic E-state index is -0.867. The van der Waals surface area contributed by atoms with E-state index in [9.17, 15) is 14.4 Å². The zero-order valence-corrected chi connectivity index (χ0v) is 22.4. The predicted octanol–water partition coefficient (Wildman–Crippen LogP) is 2.71. The van der Waals surface area contributed by atoms with E-state index in [4.69, 9.17) is 10.5 Å². The van der Waals surface area contributed by atoms with Gasteiger partial charge in [0.15, 0.2) is 0 Å². The van der Waals surface area contributed by atoms with Crippen molar-refractivity contribution in [2.75, 3.05) is 7.11 Å². The van der Waals surface area contributed by atoms with Gasteiger partial charge in [0.25, 0.3) is 0 Å². The van der Waals surface area contributed by atoms with Crippen molar-refractivity contribution < 1.29 is 54.8 Å². The van der Waals surface area contributed by atoms with Crippen LogP contribution >= 0.6 is 0 Å². The number of nitrogens with two attached hydrogens (primary N) is 1. The number of methoxy groups -OCH3 is 1. The summed E-state index contributed by atoms with van der Waals surface area (Å²) in [6.07, 6.45) is 19.3. The zero-order valence-electron chi connectivity index (χ0n) is 21.4. The first kappa shape index (κ1) is 32.7. The maximum atomic E-state index is 11.7. The van der Waals surface area contributed by atoms with E-state index in [1.807, 2.05) is 0 Å². The smallest absolute Gasteiger partial charge is 1.00 e. The molecule has 0 aliphatic rings. The number of esters is 3. The van der Waals surface area contributed by atoms with Gasteiger partial charge in [0.05, 0.1) is 7.11 Å². The molecule has 0 radical (unpaired) electrons. The molecule has 0 aromatic carbocycles. The van der Waals surface area contributed by atoms with Crippen LogP contribution < -0.4 is 35.3 Å². The van der Waals surface area contributed by atoms with Crippen LogP contribution in [0.2, 0.25) is 0 Å². The van der Waals surface area contributed by atoms with Crippen LogP contribution in [-0.4, -0.2) is 31.1 Å². The average molecular weight is 452 g/mol. The summed E-state index contributed by atoms with van der Waals surface area (Å²) in [5.74, 6) is -1.71. The molecule has 0 aromatic rings. The summed E-state index contributed by atoms with van der Waals surface area (Å²) in [5.41, 5.74) is 5.54. The van der Waals surface area contributed by atoms with Crippen LogP contribution in [0.5, 0.6) is 0 Å². The van der Waals surface area contributed by atoms with Gasteiger partial charge >= 0.3 is 47.5 Å². The van der Waals surface area contributed by atoms with E-state index in [-0.39, 0.29) is 50.2 Å². The van der Waals surface area contributed by atoms with Crippen LogP contribution in [0.25, 0.3) is 0 Å². The topological polar surface area (TPSA) is 95.7 Å². The van der Waals surface area contributed by atoms with Gasteiger partial charge in [-0.3, -0.25) is 14.4 Å². The molecule has 0 spiro atoms.